The molecule has 6 rings (SSSR count). The number of fused-ring (bicyclic) bond motifs is 3. The number of aromatic hydroxyl groups is 2. The molecule has 2 saturated heterocycles. The normalized spacial score (nSPS) is 20.8. The van der Waals surface area contributed by atoms with Gasteiger partial charge in [-0.05, 0) is 44.6 Å². The van der Waals surface area contributed by atoms with Crippen molar-refractivity contribution in [1.82, 2.24) is 5.32 Å². The van der Waals surface area contributed by atoms with Crippen LogP contribution in [-0.4, -0.2) is 110 Å². The van der Waals surface area contributed by atoms with Gasteiger partial charge < -0.3 is 44.5 Å². The topological polar surface area (TPSA) is 201 Å². The largest absolute Gasteiger partial charge is 0.507 e. The molecule has 47 heavy (non-hydrogen) atoms. The van der Waals surface area contributed by atoms with Crippen molar-refractivity contribution in [2.24, 2.45) is 5.92 Å². The standard InChI is InChI=1S/C22H20O7.C5H10O2.C4H9NO2.C2H6.CH4O/c1-28-9-14(23)10-6-7-11-13(8-10)21(26)17-18(19(11)24)22(27)16-12(20(17)25)4-3-5-15(16)29-2;6-5-3-1-2-4-7-5;6-4-3-7-2-1-5-4;2*1-2/h3-5,10,24,26H,6-9H2,1-2H3;5-6H,1-4H2;4-6H,1-3H2;1-2H3;2H,1H3. The molecule has 0 spiro atoms. The van der Waals surface area contributed by atoms with E-state index >= 15 is 0 Å². The van der Waals surface area contributed by atoms with E-state index in [0.717, 1.165) is 46.1 Å². The van der Waals surface area contributed by atoms with E-state index in [1.807, 2.05) is 13.8 Å². The molecule has 2 aromatic rings. The van der Waals surface area contributed by atoms with Crippen LogP contribution < -0.4 is 10.1 Å². The van der Waals surface area contributed by atoms with Crippen LogP contribution in [0.15, 0.2) is 18.2 Å². The number of nitrogens with one attached hydrogen (secondary N) is 1. The summed E-state index contributed by atoms with van der Waals surface area (Å²) in [5.41, 5.74) is 0.513. The van der Waals surface area contributed by atoms with E-state index in [1.165, 1.54) is 20.3 Å². The van der Waals surface area contributed by atoms with E-state index in [4.69, 9.17) is 34.3 Å². The lowest BCUT2D eigenvalue weighted by Gasteiger charge is -2.29. The maximum atomic E-state index is 13.2. The lowest BCUT2D eigenvalue weighted by molar-refractivity contribution is -0.127. The summed E-state index contributed by atoms with van der Waals surface area (Å²) >= 11 is 0. The smallest absolute Gasteiger partial charge is 0.202 e. The van der Waals surface area contributed by atoms with Gasteiger partial charge in [0, 0.05) is 50.0 Å². The number of aliphatic hydroxyl groups excluding tert-OH is 3. The average molecular weight is 664 g/mol. The van der Waals surface area contributed by atoms with Crippen molar-refractivity contribution in [1.29, 1.82) is 0 Å². The number of morpholine rings is 1. The average Bonchev–Trinajstić information content (AvgIpc) is 3.11. The van der Waals surface area contributed by atoms with Gasteiger partial charge in [0.1, 0.15) is 30.1 Å². The van der Waals surface area contributed by atoms with Crippen molar-refractivity contribution >= 4 is 17.3 Å². The Morgan fingerprint density at radius 2 is 1.62 bits per heavy atom. The van der Waals surface area contributed by atoms with Crippen molar-refractivity contribution < 1.29 is 58.9 Å². The van der Waals surface area contributed by atoms with Crippen molar-refractivity contribution in [3.8, 4) is 17.2 Å². The van der Waals surface area contributed by atoms with Gasteiger partial charge in [-0.25, -0.2) is 0 Å². The summed E-state index contributed by atoms with van der Waals surface area (Å²) in [5.74, 6) is -2.03. The Labute approximate surface area is 275 Å². The number of phenols is 2. The van der Waals surface area contributed by atoms with Crippen LogP contribution in [0.2, 0.25) is 0 Å². The number of methoxy groups -OCH3 is 2. The molecule has 13 heteroatoms. The number of hydrogen-bond donors (Lipinski definition) is 6. The zero-order valence-electron chi connectivity index (χ0n) is 27.8. The molecule has 3 atom stereocenters. The molecule has 0 radical (unpaired) electrons. The highest BCUT2D eigenvalue weighted by Gasteiger charge is 2.41. The predicted molar refractivity (Wildman–Crippen MR) is 172 cm³/mol. The van der Waals surface area contributed by atoms with Crippen LogP contribution in [0, 0.1) is 5.92 Å². The fourth-order valence-electron chi connectivity index (χ4n) is 5.62. The van der Waals surface area contributed by atoms with E-state index in [9.17, 15) is 24.6 Å². The zero-order valence-corrected chi connectivity index (χ0v) is 27.8. The van der Waals surface area contributed by atoms with Crippen molar-refractivity contribution in [2.45, 2.75) is 64.9 Å². The second-order valence-corrected chi connectivity index (χ2v) is 10.7. The van der Waals surface area contributed by atoms with Gasteiger partial charge in [-0.2, -0.15) is 0 Å². The van der Waals surface area contributed by atoms with Gasteiger partial charge in [0.05, 0.1) is 37.0 Å². The summed E-state index contributed by atoms with van der Waals surface area (Å²) in [6.07, 6.45) is 3.09. The quantitative estimate of drug-likeness (QED) is 0.222. The second-order valence-electron chi connectivity index (χ2n) is 10.7. The first kappa shape index (κ1) is 39.7. The third-order valence-corrected chi connectivity index (χ3v) is 7.82. The van der Waals surface area contributed by atoms with Crippen molar-refractivity contribution in [2.75, 3.05) is 54.3 Å². The fourth-order valence-corrected chi connectivity index (χ4v) is 5.62. The minimum atomic E-state index is -0.569. The zero-order chi connectivity index (χ0) is 35.1. The van der Waals surface area contributed by atoms with Gasteiger partial charge in [-0.1, -0.05) is 26.0 Å². The van der Waals surface area contributed by atoms with Gasteiger partial charge in [0.25, 0.3) is 0 Å². The summed E-state index contributed by atoms with van der Waals surface area (Å²) in [7, 11) is 3.83. The third kappa shape index (κ3) is 9.80. The highest BCUT2D eigenvalue weighted by atomic mass is 16.6. The van der Waals surface area contributed by atoms with E-state index in [1.54, 1.807) is 12.1 Å². The molecule has 6 N–H and O–H groups in total. The Hall–Kier alpha value is -3.43. The van der Waals surface area contributed by atoms with Gasteiger partial charge in [-0.3, -0.25) is 19.7 Å². The molecule has 0 amide bonds. The van der Waals surface area contributed by atoms with Crippen LogP contribution in [0.3, 0.4) is 0 Å². The van der Waals surface area contributed by atoms with Crippen LogP contribution in [0.5, 0.6) is 17.2 Å². The van der Waals surface area contributed by atoms with E-state index in [-0.39, 0.29) is 64.2 Å². The molecule has 2 heterocycles. The number of ether oxygens (including phenoxy) is 4. The van der Waals surface area contributed by atoms with E-state index in [0.29, 0.717) is 30.6 Å². The molecule has 0 aromatic heterocycles. The third-order valence-electron chi connectivity index (χ3n) is 7.82. The number of phenolic OH excluding ortho intramolecular Hbond substituents is 2. The number of benzene rings is 2. The molecular weight excluding hydrogens is 614 g/mol. The predicted octanol–water partition coefficient (Wildman–Crippen LogP) is 2.27. The minimum Gasteiger partial charge on any atom is -0.507 e. The van der Waals surface area contributed by atoms with Gasteiger partial charge in [0.15, 0.2) is 17.9 Å². The molecule has 262 valence electrons. The molecule has 13 nitrogen and oxygen atoms in total. The summed E-state index contributed by atoms with van der Waals surface area (Å²) in [6, 6.07) is 4.64. The van der Waals surface area contributed by atoms with Crippen LogP contribution in [0.1, 0.15) is 82.5 Å². The number of hydrogen-bond acceptors (Lipinski definition) is 13. The molecular formula is C34H49NO12. The lowest BCUT2D eigenvalue weighted by Crippen LogP contribution is -2.40. The fraction of sp³-hybridized carbons (Fsp3) is 0.559. The lowest BCUT2D eigenvalue weighted by atomic mass is 9.75. The number of carbonyl (C=O) groups is 3. The number of ketones is 3. The van der Waals surface area contributed by atoms with E-state index in [2.05, 4.69) is 5.32 Å². The van der Waals surface area contributed by atoms with Crippen LogP contribution in [0.4, 0.5) is 0 Å². The number of rotatable bonds is 4. The first-order valence-electron chi connectivity index (χ1n) is 15.8. The Bertz CT molecular complexity index is 1320. The summed E-state index contributed by atoms with van der Waals surface area (Å²) in [4.78, 5) is 38.5. The van der Waals surface area contributed by atoms with Crippen LogP contribution >= 0.6 is 0 Å². The molecule has 2 fully saturated rings. The SMILES string of the molecule is CC.CO.COCC(=O)C1CCc2c(O)c3c(c(O)c2C1)C(=O)c1cccc(OC)c1C3=O.OC1CCCCO1.OC1COCCN1. The van der Waals surface area contributed by atoms with Crippen LogP contribution in [-0.2, 0) is 31.8 Å². The number of Topliss-reactive ketones (excluding diaryl/α,β-unsaturated/α-hetero) is 1. The molecule has 3 unspecified atom stereocenters. The number of aliphatic hydroxyl groups is 3. The number of carbonyl (C=O) groups excluding carboxylic acids is 3. The Balaban J connectivity index is 0.000000348. The molecule has 4 aliphatic rings. The Morgan fingerprint density at radius 3 is 2.13 bits per heavy atom. The minimum absolute atomic E-state index is 0.0394. The maximum absolute atomic E-state index is 13.2. The molecule has 0 saturated carbocycles. The van der Waals surface area contributed by atoms with E-state index < -0.39 is 24.1 Å². The summed E-state index contributed by atoms with van der Waals surface area (Å²) in [5, 5.41) is 49.0. The van der Waals surface area contributed by atoms with Gasteiger partial charge in [0.2, 0.25) is 5.78 Å². The summed E-state index contributed by atoms with van der Waals surface area (Å²) in [6.45, 7) is 6.61. The Kier molecular flexibility index (Phi) is 17.0. The molecule has 0 bridgehead atoms. The Morgan fingerprint density at radius 1 is 0.936 bits per heavy atom. The van der Waals surface area contributed by atoms with Crippen molar-refractivity contribution in [3.05, 3.63) is 51.6 Å². The van der Waals surface area contributed by atoms with Crippen molar-refractivity contribution in [3.63, 3.8) is 0 Å². The molecule has 2 aliphatic heterocycles. The second kappa shape index (κ2) is 20.1. The highest BCUT2D eigenvalue weighted by Crippen LogP contribution is 2.47. The van der Waals surface area contributed by atoms with Gasteiger partial charge in [-0.15, -0.1) is 0 Å². The molecule has 2 aromatic carbocycles. The highest BCUT2D eigenvalue weighted by molar-refractivity contribution is 6.31. The molecule has 2 aliphatic carbocycles. The maximum Gasteiger partial charge on any atom is 0.202 e. The summed E-state index contributed by atoms with van der Waals surface area (Å²) < 4.78 is 19.8. The van der Waals surface area contributed by atoms with Gasteiger partial charge >= 0.3 is 0 Å². The van der Waals surface area contributed by atoms with Crippen LogP contribution in [0.25, 0.3) is 0 Å². The first-order chi connectivity index (χ1) is 22.7. The monoisotopic (exact) mass is 663 g/mol. The first-order valence-corrected chi connectivity index (χ1v) is 15.8.